The summed E-state index contributed by atoms with van der Waals surface area (Å²) in [6.07, 6.45) is -3.84. The maximum atomic E-state index is 11.9. The molecule has 0 spiro atoms. The molecule has 0 amide bonds. The fourth-order valence-electron chi connectivity index (χ4n) is 0.773. The van der Waals surface area contributed by atoms with Crippen LogP contribution >= 0.6 is 15.9 Å². The molecule has 0 aliphatic heterocycles. The van der Waals surface area contributed by atoms with E-state index < -0.39 is 17.8 Å². The van der Waals surface area contributed by atoms with Crippen molar-refractivity contribution in [1.29, 1.82) is 5.26 Å². The van der Waals surface area contributed by atoms with Gasteiger partial charge in [-0.3, -0.25) is 0 Å². The summed E-state index contributed by atoms with van der Waals surface area (Å²) in [5.74, 6) is -0.731. The van der Waals surface area contributed by atoms with Crippen LogP contribution in [-0.2, 0) is 0 Å². The molecule has 80 valence electrons. The fourth-order valence-corrected chi connectivity index (χ4v) is 1.14. The number of alkyl halides is 3. The van der Waals surface area contributed by atoms with Crippen LogP contribution in [0.1, 0.15) is 5.69 Å². The van der Waals surface area contributed by atoms with E-state index in [4.69, 9.17) is 11.0 Å². The Hall–Kier alpha value is -1.49. The van der Waals surface area contributed by atoms with Crippen LogP contribution in [0, 0.1) is 11.3 Å². The minimum Gasteiger partial charge on any atom is -0.401 e. The lowest BCUT2D eigenvalue weighted by molar-refractivity contribution is -0.275. The minimum atomic E-state index is -4.90. The number of anilines is 1. The molecule has 4 nitrogen and oxygen atoms in total. The van der Waals surface area contributed by atoms with Gasteiger partial charge in [-0.1, -0.05) is 0 Å². The summed E-state index contributed by atoms with van der Waals surface area (Å²) in [5, 5.41) is 8.51. The Balaban J connectivity index is 3.26. The van der Waals surface area contributed by atoms with Gasteiger partial charge in [0.2, 0.25) is 0 Å². The second-order valence-corrected chi connectivity index (χ2v) is 3.16. The zero-order chi connectivity index (χ0) is 11.6. The summed E-state index contributed by atoms with van der Waals surface area (Å²) in [7, 11) is 0. The predicted molar refractivity (Wildman–Crippen MR) is 47.7 cm³/mol. The van der Waals surface area contributed by atoms with E-state index in [1.54, 1.807) is 0 Å². The van der Waals surface area contributed by atoms with Crippen LogP contribution in [0.3, 0.4) is 0 Å². The molecule has 0 fully saturated rings. The SMILES string of the molecule is N#Cc1ncc(N)c(Br)c1OC(F)(F)F. The summed E-state index contributed by atoms with van der Waals surface area (Å²) >= 11 is 2.78. The second kappa shape index (κ2) is 3.94. The third-order valence-corrected chi connectivity index (χ3v) is 2.14. The van der Waals surface area contributed by atoms with E-state index in [-0.39, 0.29) is 10.2 Å². The fraction of sp³-hybridized carbons (Fsp3) is 0.143. The lowest BCUT2D eigenvalue weighted by Gasteiger charge is -2.12. The maximum absolute atomic E-state index is 11.9. The smallest absolute Gasteiger partial charge is 0.401 e. The van der Waals surface area contributed by atoms with Crippen LogP contribution in [-0.4, -0.2) is 11.3 Å². The highest BCUT2D eigenvalue weighted by Crippen LogP contribution is 2.35. The van der Waals surface area contributed by atoms with E-state index in [1.165, 1.54) is 6.07 Å². The predicted octanol–water partition coefficient (Wildman–Crippen LogP) is 2.20. The van der Waals surface area contributed by atoms with E-state index in [9.17, 15) is 13.2 Å². The standard InChI is InChI=1S/C7H3BrF3N3O/c8-5-3(13)2-14-4(1-12)6(5)15-7(9,10)11/h2H,13H2. The van der Waals surface area contributed by atoms with Crippen molar-refractivity contribution in [1.82, 2.24) is 4.98 Å². The number of aromatic nitrogens is 1. The van der Waals surface area contributed by atoms with Crippen molar-refractivity contribution in [2.24, 2.45) is 0 Å². The van der Waals surface area contributed by atoms with Crippen molar-refractivity contribution < 1.29 is 17.9 Å². The molecule has 0 atom stereocenters. The molecule has 0 aromatic carbocycles. The highest BCUT2D eigenvalue weighted by atomic mass is 79.9. The van der Waals surface area contributed by atoms with Gasteiger partial charge >= 0.3 is 6.36 Å². The molecule has 2 N–H and O–H groups in total. The van der Waals surface area contributed by atoms with E-state index in [0.717, 1.165) is 6.20 Å². The van der Waals surface area contributed by atoms with Gasteiger partial charge in [-0.2, -0.15) is 5.26 Å². The van der Waals surface area contributed by atoms with Crippen molar-refractivity contribution in [2.45, 2.75) is 6.36 Å². The summed E-state index contributed by atoms with van der Waals surface area (Å²) in [6.45, 7) is 0. The van der Waals surface area contributed by atoms with E-state index in [0.29, 0.717) is 0 Å². The normalized spacial score (nSPS) is 10.9. The Labute approximate surface area is 90.6 Å². The second-order valence-electron chi connectivity index (χ2n) is 2.36. The van der Waals surface area contributed by atoms with E-state index >= 15 is 0 Å². The molecule has 0 aliphatic carbocycles. The molecule has 1 aromatic rings. The number of hydrogen-bond donors (Lipinski definition) is 1. The summed E-state index contributed by atoms with van der Waals surface area (Å²) in [6, 6.07) is 1.46. The largest absolute Gasteiger partial charge is 0.573 e. The number of pyridine rings is 1. The van der Waals surface area contributed by atoms with Crippen molar-refractivity contribution in [2.75, 3.05) is 5.73 Å². The number of nitrogen functional groups attached to an aromatic ring is 1. The third-order valence-electron chi connectivity index (χ3n) is 1.32. The van der Waals surface area contributed by atoms with Gasteiger partial charge in [-0.15, -0.1) is 13.2 Å². The van der Waals surface area contributed by atoms with Crippen molar-refractivity contribution in [3.8, 4) is 11.8 Å². The van der Waals surface area contributed by atoms with Gasteiger partial charge in [0.1, 0.15) is 6.07 Å². The topological polar surface area (TPSA) is 71.9 Å². The van der Waals surface area contributed by atoms with Gasteiger partial charge in [0.15, 0.2) is 11.4 Å². The Morgan fingerprint density at radius 2 is 2.13 bits per heavy atom. The average molecular weight is 282 g/mol. The van der Waals surface area contributed by atoms with E-state index in [2.05, 4.69) is 25.7 Å². The molecule has 15 heavy (non-hydrogen) atoms. The number of halogens is 4. The first kappa shape index (κ1) is 11.6. The highest BCUT2D eigenvalue weighted by molar-refractivity contribution is 9.10. The van der Waals surface area contributed by atoms with Crippen LogP contribution in [0.4, 0.5) is 18.9 Å². The quantitative estimate of drug-likeness (QED) is 0.857. The lowest BCUT2D eigenvalue weighted by Crippen LogP contribution is -2.18. The highest BCUT2D eigenvalue weighted by Gasteiger charge is 2.34. The third kappa shape index (κ3) is 2.73. The molecule has 0 saturated carbocycles. The zero-order valence-electron chi connectivity index (χ0n) is 6.97. The van der Waals surface area contributed by atoms with Crippen molar-refractivity contribution in [3.63, 3.8) is 0 Å². The number of nitrogens with two attached hydrogens (primary N) is 1. The van der Waals surface area contributed by atoms with Crippen LogP contribution in [0.25, 0.3) is 0 Å². The molecule has 0 bridgehead atoms. The number of rotatable bonds is 1. The van der Waals surface area contributed by atoms with Gasteiger partial charge in [-0.05, 0) is 15.9 Å². The monoisotopic (exact) mass is 281 g/mol. The molecular weight excluding hydrogens is 279 g/mol. The van der Waals surface area contributed by atoms with Crippen molar-refractivity contribution >= 4 is 21.6 Å². The first-order chi connectivity index (χ1) is 6.85. The first-order valence-electron chi connectivity index (χ1n) is 3.45. The van der Waals surface area contributed by atoms with Crippen LogP contribution < -0.4 is 10.5 Å². The number of nitrogens with zero attached hydrogens (tertiary/aromatic N) is 2. The Bertz CT molecular complexity index is 427. The molecule has 8 heteroatoms. The Morgan fingerprint density at radius 3 is 2.60 bits per heavy atom. The van der Waals surface area contributed by atoms with Crippen LogP contribution in [0.5, 0.6) is 5.75 Å². The molecule has 0 saturated heterocycles. The number of ether oxygens (including phenoxy) is 1. The molecule has 0 aliphatic rings. The average Bonchev–Trinajstić information content (AvgIpc) is 2.11. The molecule has 1 rings (SSSR count). The maximum Gasteiger partial charge on any atom is 0.573 e. The molecule has 0 radical (unpaired) electrons. The van der Waals surface area contributed by atoms with Gasteiger partial charge in [0.05, 0.1) is 16.4 Å². The summed E-state index contributed by atoms with van der Waals surface area (Å²) in [5.41, 5.74) is 4.76. The molecule has 1 heterocycles. The van der Waals surface area contributed by atoms with Gasteiger partial charge < -0.3 is 10.5 Å². The number of nitriles is 1. The zero-order valence-corrected chi connectivity index (χ0v) is 8.56. The lowest BCUT2D eigenvalue weighted by atomic mass is 10.3. The molecular formula is C7H3BrF3N3O. The Kier molecular flexibility index (Phi) is 3.04. The first-order valence-corrected chi connectivity index (χ1v) is 4.24. The van der Waals surface area contributed by atoms with Crippen LogP contribution in [0.15, 0.2) is 10.7 Å². The summed E-state index contributed by atoms with van der Waals surface area (Å²) in [4.78, 5) is 3.40. The minimum absolute atomic E-state index is 0.0479. The summed E-state index contributed by atoms with van der Waals surface area (Å²) < 4.78 is 39.3. The molecule has 1 aromatic heterocycles. The van der Waals surface area contributed by atoms with Crippen LogP contribution in [0.2, 0.25) is 0 Å². The van der Waals surface area contributed by atoms with Gasteiger partial charge in [-0.25, -0.2) is 4.98 Å². The number of hydrogen-bond acceptors (Lipinski definition) is 4. The Morgan fingerprint density at radius 1 is 1.53 bits per heavy atom. The van der Waals surface area contributed by atoms with E-state index in [1.807, 2.05) is 0 Å². The van der Waals surface area contributed by atoms with Gasteiger partial charge in [0.25, 0.3) is 0 Å². The molecule has 0 unspecified atom stereocenters. The van der Waals surface area contributed by atoms with Gasteiger partial charge in [0, 0.05) is 0 Å². The van der Waals surface area contributed by atoms with Crippen molar-refractivity contribution in [3.05, 3.63) is 16.4 Å².